The highest BCUT2D eigenvalue weighted by atomic mass is 15.3. The molecule has 3 heterocycles. The maximum absolute atomic E-state index is 4.58. The molecule has 3 rings (SSSR count). The standard InChI is InChI=1S/C15H25N5/c1-11-8-14(16-2)18-15(17-11)10-20-7-6-12-4-5-13(9-20)19(12)3/h8,12-13H,4-7,9-10H2,1-3H3,(H,16,17,18). The summed E-state index contributed by atoms with van der Waals surface area (Å²) in [5.74, 6) is 1.86. The largest absolute Gasteiger partial charge is 0.373 e. The Kier molecular flexibility index (Phi) is 3.89. The average molecular weight is 275 g/mol. The van der Waals surface area contributed by atoms with E-state index in [9.17, 15) is 0 Å². The van der Waals surface area contributed by atoms with Gasteiger partial charge in [0, 0.05) is 44.0 Å². The highest BCUT2D eigenvalue weighted by Gasteiger charge is 2.34. The summed E-state index contributed by atoms with van der Waals surface area (Å²) in [7, 11) is 4.19. The van der Waals surface area contributed by atoms with Crippen molar-refractivity contribution in [3.63, 3.8) is 0 Å². The molecule has 2 aliphatic heterocycles. The summed E-state index contributed by atoms with van der Waals surface area (Å²) in [6, 6.07) is 3.49. The number of nitrogens with zero attached hydrogens (tertiary/aromatic N) is 4. The third-order valence-electron chi connectivity index (χ3n) is 4.75. The Labute approximate surface area is 121 Å². The lowest BCUT2D eigenvalue weighted by Crippen LogP contribution is -2.36. The van der Waals surface area contributed by atoms with Crippen LogP contribution in [-0.4, -0.2) is 59.0 Å². The lowest BCUT2D eigenvalue weighted by molar-refractivity contribution is 0.212. The predicted molar refractivity (Wildman–Crippen MR) is 80.8 cm³/mol. The molecular weight excluding hydrogens is 250 g/mol. The van der Waals surface area contributed by atoms with Gasteiger partial charge in [0.05, 0.1) is 6.54 Å². The first-order valence-electron chi connectivity index (χ1n) is 7.62. The second kappa shape index (κ2) is 5.66. The van der Waals surface area contributed by atoms with Crippen LogP contribution in [0, 0.1) is 6.92 Å². The highest BCUT2D eigenvalue weighted by molar-refractivity contribution is 5.34. The third-order valence-corrected chi connectivity index (χ3v) is 4.75. The Hall–Kier alpha value is -1.20. The van der Waals surface area contributed by atoms with E-state index in [0.717, 1.165) is 49.1 Å². The van der Waals surface area contributed by atoms with Gasteiger partial charge in [-0.3, -0.25) is 9.80 Å². The van der Waals surface area contributed by atoms with E-state index >= 15 is 0 Å². The van der Waals surface area contributed by atoms with E-state index in [-0.39, 0.29) is 0 Å². The van der Waals surface area contributed by atoms with Crippen LogP contribution in [0.1, 0.15) is 30.8 Å². The zero-order chi connectivity index (χ0) is 14.1. The Bertz CT molecular complexity index is 475. The molecule has 5 nitrogen and oxygen atoms in total. The number of hydrogen-bond donors (Lipinski definition) is 1. The zero-order valence-corrected chi connectivity index (χ0v) is 12.8. The van der Waals surface area contributed by atoms with Crippen molar-refractivity contribution in [3.8, 4) is 0 Å². The summed E-state index contributed by atoms with van der Waals surface area (Å²) < 4.78 is 0. The van der Waals surface area contributed by atoms with E-state index in [1.165, 1.54) is 19.3 Å². The molecule has 1 aromatic rings. The number of nitrogens with one attached hydrogen (secondary N) is 1. The van der Waals surface area contributed by atoms with E-state index in [4.69, 9.17) is 0 Å². The fourth-order valence-corrected chi connectivity index (χ4v) is 3.55. The molecule has 20 heavy (non-hydrogen) atoms. The molecule has 0 amide bonds. The number of aryl methyl sites for hydroxylation is 1. The molecule has 0 saturated carbocycles. The van der Waals surface area contributed by atoms with Crippen molar-refractivity contribution in [1.29, 1.82) is 0 Å². The molecule has 1 aromatic heterocycles. The zero-order valence-electron chi connectivity index (χ0n) is 12.8. The fourth-order valence-electron chi connectivity index (χ4n) is 3.55. The summed E-state index contributed by atoms with van der Waals surface area (Å²) in [4.78, 5) is 14.3. The minimum Gasteiger partial charge on any atom is -0.373 e. The summed E-state index contributed by atoms with van der Waals surface area (Å²) >= 11 is 0. The molecule has 2 fully saturated rings. The van der Waals surface area contributed by atoms with Crippen molar-refractivity contribution in [3.05, 3.63) is 17.6 Å². The van der Waals surface area contributed by atoms with Crippen LogP contribution in [0.2, 0.25) is 0 Å². The predicted octanol–water partition coefficient (Wildman–Crippen LogP) is 1.50. The molecule has 2 bridgehead atoms. The number of hydrogen-bond acceptors (Lipinski definition) is 5. The molecule has 5 heteroatoms. The van der Waals surface area contributed by atoms with Crippen molar-refractivity contribution in [1.82, 2.24) is 19.8 Å². The van der Waals surface area contributed by atoms with Crippen LogP contribution in [0.3, 0.4) is 0 Å². The Balaban J connectivity index is 1.70. The second-order valence-electron chi connectivity index (χ2n) is 6.14. The van der Waals surface area contributed by atoms with E-state index in [0.29, 0.717) is 0 Å². The lowest BCUT2D eigenvalue weighted by atomic mass is 10.1. The smallest absolute Gasteiger partial charge is 0.144 e. The van der Waals surface area contributed by atoms with Crippen LogP contribution in [0.5, 0.6) is 0 Å². The SMILES string of the molecule is CNc1cc(C)nc(CN2CCC3CCC(C2)N3C)n1. The highest BCUT2D eigenvalue weighted by Crippen LogP contribution is 2.28. The van der Waals surface area contributed by atoms with Crippen LogP contribution in [0.4, 0.5) is 5.82 Å². The topological polar surface area (TPSA) is 44.3 Å². The molecule has 0 radical (unpaired) electrons. The Morgan fingerprint density at radius 3 is 2.85 bits per heavy atom. The van der Waals surface area contributed by atoms with Gasteiger partial charge in [-0.05, 0) is 33.2 Å². The van der Waals surface area contributed by atoms with Crippen LogP contribution in [-0.2, 0) is 6.54 Å². The van der Waals surface area contributed by atoms with Gasteiger partial charge in [-0.15, -0.1) is 0 Å². The van der Waals surface area contributed by atoms with Crippen LogP contribution >= 0.6 is 0 Å². The molecule has 2 aliphatic rings. The molecule has 0 aliphatic carbocycles. The molecule has 0 spiro atoms. The number of likely N-dealkylation sites (tertiary alicyclic amines) is 1. The first-order valence-corrected chi connectivity index (χ1v) is 7.62. The summed E-state index contributed by atoms with van der Waals surface area (Å²) in [6.45, 7) is 5.22. The number of aromatic nitrogens is 2. The van der Waals surface area contributed by atoms with Crippen LogP contribution in [0.15, 0.2) is 6.07 Å². The summed E-state index contributed by atoms with van der Waals surface area (Å²) in [6.07, 6.45) is 3.99. The Morgan fingerprint density at radius 1 is 1.25 bits per heavy atom. The number of rotatable bonds is 3. The van der Waals surface area contributed by atoms with E-state index in [1.54, 1.807) is 0 Å². The fraction of sp³-hybridized carbons (Fsp3) is 0.733. The molecule has 2 saturated heterocycles. The van der Waals surface area contributed by atoms with Gasteiger partial charge < -0.3 is 5.32 Å². The first kappa shape index (κ1) is 13.8. The van der Waals surface area contributed by atoms with Gasteiger partial charge in [-0.2, -0.15) is 0 Å². The molecule has 2 atom stereocenters. The number of likely N-dealkylation sites (N-methyl/N-ethyl adjacent to an activating group) is 1. The molecule has 110 valence electrons. The van der Waals surface area contributed by atoms with Crippen molar-refractivity contribution >= 4 is 5.82 Å². The number of fused-ring (bicyclic) bond motifs is 2. The maximum Gasteiger partial charge on any atom is 0.144 e. The minimum atomic E-state index is 0.719. The van der Waals surface area contributed by atoms with Gasteiger partial charge in [0.1, 0.15) is 11.6 Å². The van der Waals surface area contributed by atoms with E-state index in [2.05, 4.69) is 32.1 Å². The third kappa shape index (κ3) is 2.79. The van der Waals surface area contributed by atoms with Crippen molar-refractivity contribution in [2.75, 3.05) is 32.5 Å². The Morgan fingerprint density at radius 2 is 2.05 bits per heavy atom. The first-order chi connectivity index (χ1) is 9.65. The molecule has 2 unspecified atom stereocenters. The van der Waals surface area contributed by atoms with Gasteiger partial charge in [0.15, 0.2) is 0 Å². The summed E-state index contributed by atoms with van der Waals surface area (Å²) in [5.41, 5.74) is 1.04. The summed E-state index contributed by atoms with van der Waals surface area (Å²) in [5, 5.41) is 3.11. The van der Waals surface area contributed by atoms with Gasteiger partial charge in [0.2, 0.25) is 0 Å². The molecule has 0 aromatic carbocycles. The van der Waals surface area contributed by atoms with Gasteiger partial charge in [0.25, 0.3) is 0 Å². The van der Waals surface area contributed by atoms with E-state index < -0.39 is 0 Å². The van der Waals surface area contributed by atoms with E-state index in [1.807, 2.05) is 20.0 Å². The molecular formula is C15H25N5. The average Bonchev–Trinajstić information content (AvgIpc) is 2.66. The van der Waals surface area contributed by atoms with Crippen molar-refractivity contribution < 1.29 is 0 Å². The lowest BCUT2D eigenvalue weighted by Gasteiger charge is -2.25. The van der Waals surface area contributed by atoms with Crippen molar-refractivity contribution in [2.45, 2.75) is 44.8 Å². The minimum absolute atomic E-state index is 0.719. The normalized spacial score (nSPS) is 27.6. The van der Waals surface area contributed by atoms with Gasteiger partial charge in [-0.1, -0.05) is 0 Å². The van der Waals surface area contributed by atoms with Crippen molar-refractivity contribution in [2.24, 2.45) is 0 Å². The van der Waals surface area contributed by atoms with Gasteiger partial charge >= 0.3 is 0 Å². The van der Waals surface area contributed by atoms with Crippen LogP contribution < -0.4 is 5.32 Å². The van der Waals surface area contributed by atoms with Crippen LogP contribution in [0.25, 0.3) is 0 Å². The van der Waals surface area contributed by atoms with Gasteiger partial charge in [-0.25, -0.2) is 9.97 Å². The monoisotopic (exact) mass is 275 g/mol. The second-order valence-corrected chi connectivity index (χ2v) is 6.14. The number of anilines is 1. The maximum atomic E-state index is 4.58. The quantitative estimate of drug-likeness (QED) is 0.905. The molecule has 1 N–H and O–H groups in total.